The molecule has 6 heteroatoms. The van der Waals surface area contributed by atoms with Crippen LogP contribution in [0, 0.1) is 0 Å². The summed E-state index contributed by atoms with van der Waals surface area (Å²) >= 11 is 5.97. The first kappa shape index (κ1) is 19.8. The Morgan fingerprint density at radius 3 is 2.27 bits per heavy atom. The summed E-state index contributed by atoms with van der Waals surface area (Å²) in [6, 6.07) is 13.6. The second kappa shape index (κ2) is 8.23. The maximum absolute atomic E-state index is 12.2. The van der Waals surface area contributed by atoms with Gasteiger partial charge in [0.25, 0.3) is 5.91 Å². The number of anilines is 1. The van der Waals surface area contributed by atoms with Crippen molar-refractivity contribution in [1.29, 1.82) is 0 Å². The van der Waals surface area contributed by atoms with E-state index < -0.39 is 0 Å². The summed E-state index contributed by atoms with van der Waals surface area (Å²) < 4.78 is 0. The van der Waals surface area contributed by atoms with Crippen molar-refractivity contribution in [2.24, 2.45) is 0 Å². The van der Waals surface area contributed by atoms with Crippen LogP contribution >= 0.6 is 11.6 Å². The van der Waals surface area contributed by atoms with Crippen LogP contribution in [0.5, 0.6) is 0 Å². The molecule has 0 aliphatic carbocycles. The van der Waals surface area contributed by atoms with Gasteiger partial charge in [0.2, 0.25) is 0 Å². The zero-order valence-electron chi connectivity index (χ0n) is 15.4. The summed E-state index contributed by atoms with van der Waals surface area (Å²) in [7, 11) is 0. The molecule has 3 N–H and O–H groups in total. The maximum Gasteiger partial charge on any atom is 0.319 e. The van der Waals surface area contributed by atoms with Crippen molar-refractivity contribution in [2.45, 2.75) is 39.3 Å². The molecule has 1 atom stereocenters. The highest BCUT2D eigenvalue weighted by Gasteiger charge is 2.15. The monoisotopic (exact) mass is 373 g/mol. The third kappa shape index (κ3) is 6.08. The Morgan fingerprint density at radius 2 is 1.69 bits per heavy atom. The number of nitrogens with one attached hydrogen (secondary N) is 3. The van der Waals surface area contributed by atoms with E-state index in [1.54, 1.807) is 30.3 Å². The normalized spacial score (nSPS) is 12.2. The number of rotatable bonds is 4. The number of hydrogen-bond acceptors (Lipinski definition) is 2. The minimum Gasteiger partial charge on any atom is -0.347 e. The van der Waals surface area contributed by atoms with E-state index >= 15 is 0 Å². The predicted molar refractivity (Wildman–Crippen MR) is 106 cm³/mol. The van der Waals surface area contributed by atoms with Gasteiger partial charge in [0.15, 0.2) is 0 Å². The second-order valence-electron chi connectivity index (χ2n) is 7.16. The zero-order chi connectivity index (χ0) is 19.3. The standard InChI is InChI=1S/C20H24ClN3O2/c1-13(15-6-5-7-16(21)12-15)22-19(26)23-17-10-8-14(9-11-17)18(25)24-20(2,3)4/h5-13H,1-4H3,(H,24,25)(H2,22,23,26). The molecule has 0 saturated carbocycles. The second-order valence-corrected chi connectivity index (χ2v) is 7.59. The number of carbonyl (C=O) groups is 2. The molecule has 0 saturated heterocycles. The fraction of sp³-hybridized carbons (Fsp3) is 0.300. The molecule has 5 nitrogen and oxygen atoms in total. The van der Waals surface area contributed by atoms with Gasteiger partial charge in [-0.1, -0.05) is 23.7 Å². The number of urea groups is 1. The van der Waals surface area contributed by atoms with Gasteiger partial charge in [0, 0.05) is 21.8 Å². The van der Waals surface area contributed by atoms with Crippen LogP contribution in [-0.4, -0.2) is 17.5 Å². The lowest BCUT2D eigenvalue weighted by molar-refractivity contribution is 0.0919. The number of amides is 3. The highest BCUT2D eigenvalue weighted by atomic mass is 35.5. The van der Waals surface area contributed by atoms with Gasteiger partial charge < -0.3 is 16.0 Å². The van der Waals surface area contributed by atoms with Crippen LogP contribution < -0.4 is 16.0 Å². The molecule has 0 fully saturated rings. The Kier molecular flexibility index (Phi) is 6.27. The molecule has 0 aliphatic rings. The van der Waals surface area contributed by atoms with Gasteiger partial charge in [-0.2, -0.15) is 0 Å². The minimum absolute atomic E-state index is 0.150. The predicted octanol–water partition coefficient (Wildman–Crippen LogP) is 4.75. The van der Waals surface area contributed by atoms with E-state index in [2.05, 4.69) is 16.0 Å². The van der Waals surface area contributed by atoms with Crippen LogP contribution in [0.2, 0.25) is 5.02 Å². The average molecular weight is 374 g/mol. The first-order chi connectivity index (χ1) is 12.1. The van der Waals surface area contributed by atoms with Crippen molar-refractivity contribution in [3.8, 4) is 0 Å². The molecule has 0 aromatic heterocycles. The van der Waals surface area contributed by atoms with Crippen molar-refractivity contribution >= 4 is 29.2 Å². The van der Waals surface area contributed by atoms with Crippen LogP contribution in [0.4, 0.5) is 10.5 Å². The van der Waals surface area contributed by atoms with E-state index in [1.165, 1.54) is 0 Å². The molecule has 0 radical (unpaired) electrons. The van der Waals surface area contributed by atoms with Gasteiger partial charge in [-0.25, -0.2) is 4.79 Å². The van der Waals surface area contributed by atoms with E-state index in [9.17, 15) is 9.59 Å². The first-order valence-corrected chi connectivity index (χ1v) is 8.77. The molecule has 0 bridgehead atoms. The van der Waals surface area contributed by atoms with Crippen LogP contribution in [0.25, 0.3) is 0 Å². The molecule has 26 heavy (non-hydrogen) atoms. The third-order valence-corrected chi connectivity index (χ3v) is 3.82. The maximum atomic E-state index is 12.2. The Balaban J connectivity index is 1.94. The lowest BCUT2D eigenvalue weighted by Gasteiger charge is -2.20. The van der Waals surface area contributed by atoms with E-state index in [1.807, 2.05) is 45.9 Å². The molecule has 2 aromatic carbocycles. The van der Waals surface area contributed by atoms with Crippen molar-refractivity contribution < 1.29 is 9.59 Å². The van der Waals surface area contributed by atoms with Crippen molar-refractivity contribution in [2.75, 3.05) is 5.32 Å². The summed E-state index contributed by atoms with van der Waals surface area (Å²) in [6.07, 6.45) is 0. The number of halogens is 1. The highest BCUT2D eigenvalue weighted by Crippen LogP contribution is 2.18. The van der Waals surface area contributed by atoms with Crippen LogP contribution in [0.3, 0.4) is 0 Å². The Labute approximate surface area is 159 Å². The van der Waals surface area contributed by atoms with E-state index in [0.29, 0.717) is 16.3 Å². The van der Waals surface area contributed by atoms with E-state index in [-0.39, 0.29) is 23.5 Å². The molecule has 0 aliphatic heterocycles. The summed E-state index contributed by atoms with van der Waals surface area (Å²) in [5.74, 6) is -0.150. The number of hydrogen-bond donors (Lipinski definition) is 3. The van der Waals surface area contributed by atoms with Gasteiger partial charge in [-0.15, -0.1) is 0 Å². The molecule has 2 rings (SSSR count). The molecule has 0 spiro atoms. The minimum atomic E-state index is -0.329. The van der Waals surface area contributed by atoms with Crippen molar-refractivity contribution in [1.82, 2.24) is 10.6 Å². The third-order valence-electron chi connectivity index (χ3n) is 3.59. The fourth-order valence-corrected chi connectivity index (χ4v) is 2.54. The van der Waals surface area contributed by atoms with Gasteiger partial charge in [-0.3, -0.25) is 4.79 Å². The van der Waals surface area contributed by atoms with Gasteiger partial charge in [0.05, 0.1) is 6.04 Å². The Hall–Kier alpha value is -2.53. The zero-order valence-corrected chi connectivity index (χ0v) is 16.1. The topological polar surface area (TPSA) is 70.2 Å². The van der Waals surface area contributed by atoms with E-state index in [4.69, 9.17) is 11.6 Å². The molecule has 138 valence electrons. The summed E-state index contributed by atoms with van der Waals surface area (Å²) in [5.41, 5.74) is 1.76. The number of benzene rings is 2. The molecule has 0 heterocycles. The molecule has 1 unspecified atom stereocenters. The van der Waals surface area contributed by atoms with E-state index in [0.717, 1.165) is 5.56 Å². The van der Waals surface area contributed by atoms with Crippen LogP contribution in [0.1, 0.15) is 49.7 Å². The Bertz CT molecular complexity index is 782. The highest BCUT2D eigenvalue weighted by molar-refractivity contribution is 6.30. The van der Waals surface area contributed by atoms with Gasteiger partial charge >= 0.3 is 6.03 Å². The summed E-state index contributed by atoms with van der Waals surface area (Å²) in [5, 5.41) is 9.13. The SMILES string of the molecule is CC(NC(=O)Nc1ccc(C(=O)NC(C)(C)C)cc1)c1cccc(Cl)c1. The summed E-state index contributed by atoms with van der Waals surface area (Å²) in [4.78, 5) is 24.3. The van der Waals surface area contributed by atoms with Crippen LogP contribution in [0.15, 0.2) is 48.5 Å². The van der Waals surface area contributed by atoms with Gasteiger partial charge in [-0.05, 0) is 69.7 Å². The van der Waals surface area contributed by atoms with Crippen molar-refractivity contribution in [3.63, 3.8) is 0 Å². The summed E-state index contributed by atoms with van der Waals surface area (Å²) in [6.45, 7) is 7.65. The largest absolute Gasteiger partial charge is 0.347 e. The van der Waals surface area contributed by atoms with Crippen LogP contribution in [-0.2, 0) is 0 Å². The molecular formula is C20H24ClN3O2. The Morgan fingerprint density at radius 1 is 1.04 bits per heavy atom. The first-order valence-electron chi connectivity index (χ1n) is 8.39. The number of carbonyl (C=O) groups excluding carboxylic acids is 2. The van der Waals surface area contributed by atoms with Crippen molar-refractivity contribution in [3.05, 3.63) is 64.7 Å². The molecule has 2 aromatic rings. The molecule has 3 amide bonds. The lowest BCUT2D eigenvalue weighted by Crippen LogP contribution is -2.40. The fourth-order valence-electron chi connectivity index (χ4n) is 2.34. The quantitative estimate of drug-likeness (QED) is 0.723. The molecular weight excluding hydrogens is 350 g/mol. The smallest absolute Gasteiger partial charge is 0.319 e. The lowest BCUT2D eigenvalue weighted by atomic mass is 10.1. The van der Waals surface area contributed by atoms with Gasteiger partial charge in [0.1, 0.15) is 0 Å². The average Bonchev–Trinajstić information content (AvgIpc) is 2.53.